The molecule has 0 unspecified atom stereocenters. The predicted molar refractivity (Wildman–Crippen MR) is 103 cm³/mol. The van der Waals surface area contributed by atoms with E-state index >= 15 is 0 Å². The molecule has 0 atom stereocenters. The highest BCUT2D eigenvalue weighted by molar-refractivity contribution is 5.78. The maximum absolute atomic E-state index is 5.84. The zero-order valence-corrected chi connectivity index (χ0v) is 14.3. The van der Waals surface area contributed by atoms with Crippen LogP contribution >= 0.6 is 0 Å². The summed E-state index contributed by atoms with van der Waals surface area (Å²) in [6, 6.07) is 30.0. The molecule has 1 aromatic heterocycles. The Bertz CT molecular complexity index is 982. The van der Waals surface area contributed by atoms with Crippen LogP contribution in [0.1, 0.15) is 11.3 Å². The standard InChI is InChI=1S/C23H19NO2/c1-2-6-18(7-3-1)16-25-21-12-14-22(15-13-21)26-17-20-11-10-19-8-4-5-9-23(19)24-20/h1-15H,16-17H2. The van der Waals surface area contributed by atoms with Gasteiger partial charge in [-0.15, -0.1) is 0 Å². The number of para-hydroxylation sites is 1. The average molecular weight is 341 g/mol. The van der Waals surface area contributed by atoms with E-state index in [1.54, 1.807) is 0 Å². The van der Waals surface area contributed by atoms with Gasteiger partial charge >= 0.3 is 0 Å². The molecule has 0 fully saturated rings. The van der Waals surface area contributed by atoms with Crippen LogP contribution in [0.5, 0.6) is 11.5 Å². The highest BCUT2D eigenvalue weighted by Gasteiger charge is 2.01. The van der Waals surface area contributed by atoms with E-state index in [9.17, 15) is 0 Å². The van der Waals surface area contributed by atoms with E-state index in [0.29, 0.717) is 13.2 Å². The lowest BCUT2D eigenvalue weighted by atomic mass is 10.2. The highest BCUT2D eigenvalue weighted by Crippen LogP contribution is 2.20. The van der Waals surface area contributed by atoms with Crippen molar-refractivity contribution in [1.29, 1.82) is 0 Å². The first-order valence-electron chi connectivity index (χ1n) is 8.61. The van der Waals surface area contributed by atoms with Crippen LogP contribution in [0.25, 0.3) is 10.9 Å². The first-order chi connectivity index (χ1) is 12.9. The molecule has 0 aliphatic carbocycles. The molecule has 4 aromatic rings. The molecular weight excluding hydrogens is 322 g/mol. The van der Waals surface area contributed by atoms with Gasteiger partial charge in [0.2, 0.25) is 0 Å². The minimum Gasteiger partial charge on any atom is -0.489 e. The Hall–Kier alpha value is -3.33. The molecule has 26 heavy (non-hydrogen) atoms. The fourth-order valence-corrected chi connectivity index (χ4v) is 2.72. The number of hydrogen-bond acceptors (Lipinski definition) is 3. The summed E-state index contributed by atoms with van der Waals surface area (Å²) < 4.78 is 11.6. The third-order valence-corrected chi connectivity index (χ3v) is 4.11. The molecule has 0 saturated carbocycles. The number of hydrogen-bond donors (Lipinski definition) is 0. The van der Waals surface area contributed by atoms with Gasteiger partial charge in [0.15, 0.2) is 0 Å². The summed E-state index contributed by atoms with van der Waals surface area (Å²) in [5, 5.41) is 1.14. The number of nitrogens with zero attached hydrogens (tertiary/aromatic N) is 1. The molecule has 1 heterocycles. The van der Waals surface area contributed by atoms with Crippen molar-refractivity contribution >= 4 is 10.9 Å². The monoisotopic (exact) mass is 341 g/mol. The molecule has 3 aromatic carbocycles. The summed E-state index contributed by atoms with van der Waals surface area (Å²) in [5.41, 5.74) is 3.04. The number of ether oxygens (including phenoxy) is 2. The maximum atomic E-state index is 5.84. The summed E-state index contributed by atoms with van der Waals surface area (Å²) in [5.74, 6) is 1.62. The maximum Gasteiger partial charge on any atom is 0.130 e. The number of fused-ring (bicyclic) bond motifs is 1. The van der Waals surface area contributed by atoms with Crippen LogP contribution in [0.3, 0.4) is 0 Å². The van der Waals surface area contributed by atoms with Gasteiger partial charge in [-0.25, -0.2) is 4.98 Å². The second kappa shape index (κ2) is 7.70. The Morgan fingerprint density at radius 3 is 2.00 bits per heavy atom. The van der Waals surface area contributed by atoms with Crippen LogP contribution in [-0.2, 0) is 13.2 Å². The molecule has 128 valence electrons. The van der Waals surface area contributed by atoms with Crippen molar-refractivity contribution in [2.45, 2.75) is 13.2 Å². The van der Waals surface area contributed by atoms with Crippen LogP contribution < -0.4 is 9.47 Å². The van der Waals surface area contributed by atoms with Gasteiger partial charge < -0.3 is 9.47 Å². The van der Waals surface area contributed by atoms with E-state index in [4.69, 9.17) is 9.47 Å². The minimum atomic E-state index is 0.440. The fraction of sp³-hybridized carbons (Fsp3) is 0.0870. The average Bonchev–Trinajstić information content (AvgIpc) is 2.72. The zero-order chi connectivity index (χ0) is 17.6. The Morgan fingerprint density at radius 1 is 0.577 bits per heavy atom. The van der Waals surface area contributed by atoms with E-state index in [1.165, 1.54) is 0 Å². The normalized spacial score (nSPS) is 10.6. The van der Waals surface area contributed by atoms with Crippen LogP contribution in [0.4, 0.5) is 0 Å². The van der Waals surface area contributed by atoms with Crippen molar-refractivity contribution in [3.8, 4) is 11.5 Å². The molecule has 0 N–H and O–H groups in total. The van der Waals surface area contributed by atoms with Gasteiger partial charge in [-0.3, -0.25) is 0 Å². The Morgan fingerprint density at radius 2 is 1.23 bits per heavy atom. The van der Waals surface area contributed by atoms with Crippen molar-refractivity contribution in [1.82, 2.24) is 4.98 Å². The molecule has 0 aliphatic heterocycles. The zero-order valence-electron chi connectivity index (χ0n) is 14.3. The molecule has 0 bridgehead atoms. The molecule has 0 amide bonds. The molecule has 0 radical (unpaired) electrons. The molecule has 0 spiro atoms. The summed E-state index contributed by atoms with van der Waals surface area (Å²) in [6.07, 6.45) is 0. The Balaban J connectivity index is 1.34. The molecule has 4 rings (SSSR count). The summed E-state index contributed by atoms with van der Waals surface area (Å²) in [6.45, 7) is 0.997. The number of pyridine rings is 1. The number of rotatable bonds is 6. The van der Waals surface area contributed by atoms with Gasteiger partial charge in [0.1, 0.15) is 24.7 Å². The summed E-state index contributed by atoms with van der Waals surface area (Å²) in [4.78, 5) is 4.62. The molecule has 3 nitrogen and oxygen atoms in total. The van der Waals surface area contributed by atoms with Crippen LogP contribution in [0, 0.1) is 0 Å². The first-order valence-corrected chi connectivity index (χ1v) is 8.61. The lowest BCUT2D eigenvalue weighted by Gasteiger charge is -2.09. The fourth-order valence-electron chi connectivity index (χ4n) is 2.72. The first kappa shape index (κ1) is 16.2. The van der Waals surface area contributed by atoms with Crippen LogP contribution in [-0.4, -0.2) is 4.98 Å². The lowest BCUT2D eigenvalue weighted by Crippen LogP contribution is -1.99. The second-order valence-corrected chi connectivity index (χ2v) is 6.03. The quantitative estimate of drug-likeness (QED) is 0.471. The number of benzene rings is 3. The molecule has 0 saturated heterocycles. The largest absolute Gasteiger partial charge is 0.489 e. The minimum absolute atomic E-state index is 0.440. The van der Waals surface area contributed by atoms with E-state index in [0.717, 1.165) is 33.7 Å². The van der Waals surface area contributed by atoms with Crippen LogP contribution in [0.2, 0.25) is 0 Å². The smallest absolute Gasteiger partial charge is 0.130 e. The number of aromatic nitrogens is 1. The van der Waals surface area contributed by atoms with Crippen LogP contribution in [0.15, 0.2) is 91.0 Å². The summed E-state index contributed by atoms with van der Waals surface area (Å²) >= 11 is 0. The molecular formula is C23H19NO2. The molecule has 3 heteroatoms. The highest BCUT2D eigenvalue weighted by atomic mass is 16.5. The van der Waals surface area contributed by atoms with Gasteiger partial charge in [0, 0.05) is 5.39 Å². The van der Waals surface area contributed by atoms with Gasteiger partial charge in [0.25, 0.3) is 0 Å². The van der Waals surface area contributed by atoms with Gasteiger partial charge in [-0.2, -0.15) is 0 Å². The SMILES string of the molecule is c1ccc(COc2ccc(OCc3ccc4ccccc4n3)cc2)cc1. The third kappa shape index (κ3) is 4.01. The van der Waals surface area contributed by atoms with Crippen molar-refractivity contribution < 1.29 is 9.47 Å². The van der Waals surface area contributed by atoms with E-state index in [-0.39, 0.29) is 0 Å². The lowest BCUT2D eigenvalue weighted by molar-refractivity contribution is 0.295. The van der Waals surface area contributed by atoms with Gasteiger partial charge in [0.05, 0.1) is 11.2 Å². The van der Waals surface area contributed by atoms with Gasteiger partial charge in [-0.1, -0.05) is 54.6 Å². The van der Waals surface area contributed by atoms with Crippen molar-refractivity contribution in [3.63, 3.8) is 0 Å². The van der Waals surface area contributed by atoms with Crippen molar-refractivity contribution in [2.24, 2.45) is 0 Å². The van der Waals surface area contributed by atoms with E-state index in [1.807, 2.05) is 78.9 Å². The summed E-state index contributed by atoms with van der Waals surface area (Å²) in [7, 11) is 0. The molecule has 0 aliphatic rings. The van der Waals surface area contributed by atoms with Crippen molar-refractivity contribution in [2.75, 3.05) is 0 Å². The Labute approximate surface area is 152 Å². The van der Waals surface area contributed by atoms with E-state index in [2.05, 4.69) is 17.1 Å². The van der Waals surface area contributed by atoms with E-state index < -0.39 is 0 Å². The second-order valence-electron chi connectivity index (χ2n) is 6.03. The van der Waals surface area contributed by atoms with Crippen molar-refractivity contribution in [3.05, 3.63) is 102 Å². The topological polar surface area (TPSA) is 31.4 Å². The Kier molecular flexibility index (Phi) is 4.79. The predicted octanol–water partition coefficient (Wildman–Crippen LogP) is 5.39. The third-order valence-electron chi connectivity index (χ3n) is 4.11. The van der Waals surface area contributed by atoms with Gasteiger partial charge in [-0.05, 0) is 42.0 Å².